The van der Waals surface area contributed by atoms with E-state index < -0.39 is 21.8 Å². The van der Waals surface area contributed by atoms with Crippen molar-refractivity contribution in [2.75, 3.05) is 4.72 Å². The summed E-state index contributed by atoms with van der Waals surface area (Å²) in [6.45, 7) is 0.0201. The van der Waals surface area contributed by atoms with Gasteiger partial charge in [0.25, 0.3) is 21.8 Å². The van der Waals surface area contributed by atoms with Crippen LogP contribution in [0.1, 0.15) is 26.4 Å². The van der Waals surface area contributed by atoms with Gasteiger partial charge in [0.05, 0.1) is 27.7 Å². The molecule has 7 nitrogen and oxygen atoms in total. The molecule has 146 valence electrons. The lowest BCUT2D eigenvalue weighted by atomic mass is 10.2. The van der Waals surface area contributed by atoms with Crippen molar-refractivity contribution >= 4 is 39.1 Å². The van der Waals surface area contributed by atoms with Crippen LogP contribution >= 0.6 is 11.6 Å². The topological polar surface area (TPSA) is 96.4 Å². The number of nitrogens with zero attached hydrogens (tertiary/aromatic N) is 2. The summed E-state index contributed by atoms with van der Waals surface area (Å²) in [6, 6.07) is 15.6. The van der Waals surface area contributed by atoms with E-state index >= 15 is 0 Å². The first-order chi connectivity index (χ1) is 13.9. The smallest absolute Gasteiger partial charge is 0.278 e. The van der Waals surface area contributed by atoms with Gasteiger partial charge in [-0.15, -0.1) is 0 Å². The van der Waals surface area contributed by atoms with Gasteiger partial charge in [0, 0.05) is 6.20 Å². The predicted molar refractivity (Wildman–Crippen MR) is 107 cm³/mol. The van der Waals surface area contributed by atoms with Gasteiger partial charge in [-0.3, -0.25) is 24.2 Å². The Labute approximate surface area is 172 Å². The number of amides is 2. The second kappa shape index (κ2) is 7.31. The molecule has 0 saturated heterocycles. The number of hydrogen-bond acceptors (Lipinski definition) is 5. The number of aromatic nitrogens is 1. The molecule has 0 saturated carbocycles. The zero-order valence-corrected chi connectivity index (χ0v) is 16.4. The average Bonchev–Trinajstić information content (AvgIpc) is 2.95. The first-order valence-electron chi connectivity index (χ1n) is 8.54. The molecule has 0 unspecified atom stereocenters. The molecule has 1 aliphatic heterocycles. The van der Waals surface area contributed by atoms with Crippen LogP contribution in [-0.4, -0.2) is 30.1 Å². The first-order valence-corrected chi connectivity index (χ1v) is 10.4. The summed E-state index contributed by atoms with van der Waals surface area (Å²) in [5.41, 5.74) is 1.27. The number of imide groups is 1. The average molecular weight is 428 g/mol. The van der Waals surface area contributed by atoms with Crippen LogP contribution in [0.4, 0.5) is 5.69 Å². The number of para-hydroxylation sites is 1. The molecular weight excluding hydrogens is 414 g/mol. The molecule has 29 heavy (non-hydrogen) atoms. The zero-order valence-electron chi connectivity index (χ0n) is 14.9. The van der Waals surface area contributed by atoms with Crippen molar-refractivity contribution in [2.24, 2.45) is 0 Å². The highest BCUT2D eigenvalue weighted by atomic mass is 35.5. The summed E-state index contributed by atoms with van der Waals surface area (Å²) in [7, 11) is -3.84. The number of benzene rings is 2. The fourth-order valence-corrected chi connectivity index (χ4v) is 4.28. The van der Waals surface area contributed by atoms with E-state index in [1.54, 1.807) is 48.5 Å². The number of pyridine rings is 1. The van der Waals surface area contributed by atoms with Gasteiger partial charge in [-0.1, -0.05) is 35.9 Å². The maximum atomic E-state index is 12.6. The van der Waals surface area contributed by atoms with Gasteiger partial charge < -0.3 is 0 Å². The molecule has 0 fully saturated rings. The third kappa shape index (κ3) is 3.59. The Kier molecular flexibility index (Phi) is 4.81. The molecule has 2 heterocycles. The Hall–Kier alpha value is -3.23. The predicted octanol–water partition coefficient (Wildman–Crippen LogP) is 3.33. The van der Waals surface area contributed by atoms with Gasteiger partial charge in [-0.05, 0) is 42.0 Å². The van der Waals surface area contributed by atoms with Crippen molar-refractivity contribution in [1.82, 2.24) is 9.88 Å². The lowest BCUT2D eigenvalue weighted by Crippen LogP contribution is -2.29. The summed E-state index contributed by atoms with van der Waals surface area (Å²) in [5.74, 6) is -0.891. The molecule has 3 aromatic rings. The van der Waals surface area contributed by atoms with Gasteiger partial charge >= 0.3 is 0 Å². The third-order valence-electron chi connectivity index (χ3n) is 4.42. The molecule has 2 amide bonds. The molecule has 1 N–H and O–H groups in total. The Morgan fingerprint density at radius 1 is 0.931 bits per heavy atom. The standard InChI is InChI=1S/C20H14ClN3O4S/c21-16-5-1-2-6-17(16)23-29(27,28)14-9-7-13(8-10-14)12-24-19(25)15-4-3-11-22-18(15)20(24)26/h1-11,23H,12H2. The molecule has 2 aromatic carbocycles. The minimum atomic E-state index is -3.84. The van der Waals surface area contributed by atoms with Crippen LogP contribution in [0.15, 0.2) is 71.8 Å². The Morgan fingerprint density at radius 2 is 1.66 bits per heavy atom. The van der Waals surface area contributed by atoms with Gasteiger partial charge in [0.1, 0.15) is 5.69 Å². The molecule has 1 aliphatic rings. The summed E-state index contributed by atoms with van der Waals surface area (Å²) in [4.78, 5) is 29.9. The van der Waals surface area contributed by atoms with Gasteiger partial charge in [0.2, 0.25) is 0 Å². The molecule has 0 atom stereocenters. The number of anilines is 1. The van der Waals surface area contributed by atoms with Crippen molar-refractivity contribution < 1.29 is 18.0 Å². The fraction of sp³-hybridized carbons (Fsp3) is 0.0500. The number of halogens is 1. The van der Waals surface area contributed by atoms with E-state index in [0.717, 1.165) is 4.90 Å². The van der Waals surface area contributed by atoms with Crippen LogP contribution in [-0.2, 0) is 16.6 Å². The number of fused-ring (bicyclic) bond motifs is 1. The van der Waals surface area contributed by atoms with Crippen LogP contribution in [0.2, 0.25) is 5.02 Å². The molecule has 0 bridgehead atoms. The Morgan fingerprint density at radius 3 is 2.34 bits per heavy atom. The van der Waals surface area contributed by atoms with E-state index in [2.05, 4.69) is 9.71 Å². The molecule has 0 spiro atoms. The van der Waals surface area contributed by atoms with E-state index in [4.69, 9.17) is 11.6 Å². The van der Waals surface area contributed by atoms with Crippen LogP contribution < -0.4 is 4.72 Å². The first kappa shape index (κ1) is 19.1. The monoisotopic (exact) mass is 427 g/mol. The molecular formula is C20H14ClN3O4S. The normalized spacial score (nSPS) is 13.5. The van der Waals surface area contributed by atoms with E-state index in [1.807, 2.05) is 0 Å². The second-order valence-corrected chi connectivity index (χ2v) is 8.41. The van der Waals surface area contributed by atoms with E-state index in [-0.39, 0.29) is 33.4 Å². The third-order valence-corrected chi connectivity index (χ3v) is 6.13. The number of hydrogen-bond donors (Lipinski definition) is 1. The largest absolute Gasteiger partial charge is 0.280 e. The lowest BCUT2D eigenvalue weighted by Gasteiger charge is -2.14. The number of carbonyl (C=O) groups is 2. The van der Waals surface area contributed by atoms with Gasteiger partial charge in [0.15, 0.2) is 0 Å². The van der Waals surface area contributed by atoms with Gasteiger partial charge in [-0.25, -0.2) is 8.42 Å². The van der Waals surface area contributed by atoms with Crippen LogP contribution in [0.3, 0.4) is 0 Å². The highest BCUT2D eigenvalue weighted by molar-refractivity contribution is 7.92. The summed E-state index contributed by atoms with van der Waals surface area (Å²) in [5, 5.41) is 0.284. The van der Waals surface area contributed by atoms with Crippen molar-refractivity contribution in [2.45, 2.75) is 11.4 Å². The Balaban J connectivity index is 1.52. The van der Waals surface area contributed by atoms with Crippen molar-refractivity contribution in [3.63, 3.8) is 0 Å². The number of rotatable bonds is 5. The maximum Gasteiger partial charge on any atom is 0.280 e. The maximum absolute atomic E-state index is 12.6. The number of sulfonamides is 1. The van der Waals surface area contributed by atoms with E-state index in [0.29, 0.717) is 5.56 Å². The molecule has 0 aliphatic carbocycles. The SMILES string of the molecule is O=C1c2cccnc2C(=O)N1Cc1ccc(S(=O)(=O)Nc2ccccc2Cl)cc1. The number of nitrogens with one attached hydrogen (secondary N) is 1. The molecule has 0 radical (unpaired) electrons. The van der Waals surface area contributed by atoms with Gasteiger partial charge in [-0.2, -0.15) is 0 Å². The van der Waals surface area contributed by atoms with Crippen LogP contribution in [0.25, 0.3) is 0 Å². The quantitative estimate of drug-likeness (QED) is 0.630. The van der Waals surface area contributed by atoms with E-state index in [1.165, 1.54) is 18.3 Å². The lowest BCUT2D eigenvalue weighted by molar-refractivity contribution is 0.0640. The molecule has 4 rings (SSSR count). The minimum Gasteiger partial charge on any atom is -0.278 e. The fourth-order valence-electron chi connectivity index (χ4n) is 2.96. The van der Waals surface area contributed by atoms with Crippen LogP contribution in [0.5, 0.6) is 0 Å². The summed E-state index contributed by atoms with van der Waals surface area (Å²) >= 11 is 6.00. The highest BCUT2D eigenvalue weighted by Gasteiger charge is 2.36. The van der Waals surface area contributed by atoms with Crippen molar-refractivity contribution in [1.29, 1.82) is 0 Å². The Bertz CT molecular complexity index is 1190. The second-order valence-electron chi connectivity index (χ2n) is 6.33. The zero-order chi connectivity index (χ0) is 20.6. The number of carbonyl (C=O) groups excluding carboxylic acids is 2. The van der Waals surface area contributed by atoms with Crippen LogP contribution in [0, 0.1) is 0 Å². The van der Waals surface area contributed by atoms with Crippen molar-refractivity contribution in [3.8, 4) is 0 Å². The summed E-state index contributed by atoms with van der Waals surface area (Å²) < 4.78 is 27.6. The van der Waals surface area contributed by atoms with E-state index in [9.17, 15) is 18.0 Å². The summed E-state index contributed by atoms with van der Waals surface area (Å²) in [6.07, 6.45) is 1.46. The molecule has 1 aromatic heterocycles. The molecule has 9 heteroatoms. The highest BCUT2D eigenvalue weighted by Crippen LogP contribution is 2.25. The van der Waals surface area contributed by atoms with Crippen molar-refractivity contribution in [3.05, 3.63) is 88.7 Å². The minimum absolute atomic E-state index is 0.0201.